The van der Waals surface area contributed by atoms with Crippen molar-refractivity contribution in [3.8, 4) is 0 Å². The van der Waals surface area contributed by atoms with E-state index in [-0.39, 0.29) is 5.91 Å². The maximum atomic E-state index is 12.0. The minimum Gasteiger partial charge on any atom is -0.467 e. The summed E-state index contributed by atoms with van der Waals surface area (Å²) < 4.78 is 4.77. The first-order chi connectivity index (χ1) is 9.91. The summed E-state index contributed by atoms with van der Waals surface area (Å²) in [6, 6.07) is 7.83. The minimum atomic E-state index is -0.989. The Morgan fingerprint density at radius 1 is 1.38 bits per heavy atom. The quantitative estimate of drug-likeness (QED) is 0.647. The molecule has 1 atom stereocenters. The van der Waals surface area contributed by atoms with Gasteiger partial charge >= 0.3 is 5.97 Å². The van der Waals surface area contributed by atoms with Crippen molar-refractivity contribution in [2.45, 2.75) is 39.2 Å². The van der Waals surface area contributed by atoms with Crippen molar-refractivity contribution in [2.24, 2.45) is 0 Å². The molecule has 0 aliphatic heterocycles. The molecule has 1 N–H and O–H groups in total. The Bertz CT molecular complexity index is 537. The smallest absolute Gasteiger partial charge is 0.331 e. The second-order valence-corrected chi connectivity index (χ2v) is 5.31. The largest absolute Gasteiger partial charge is 0.467 e. The summed E-state index contributed by atoms with van der Waals surface area (Å²) in [7, 11) is 1.32. The van der Waals surface area contributed by atoms with E-state index in [9.17, 15) is 9.59 Å². The molecule has 0 aliphatic rings. The predicted octanol–water partition coefficient (Wildman–Crippen LogP) is 2.86. The van der Waals surface area contributed by atoms with Gasteiger partial charge in [0.25, 0.3) is 0 Å². The molecule has 1 aromatic carbocycles. The van der Waals surface area contributed by atoms with Gasteiger partial charge in [0.2, 0.25) is 5.91 Å². The number of benzene rings is 1. The fourth-order valence-electron chi connectivity index (χ4n) is 2.20. The summed E-state index contributed by atoms with van der Waals surface area (Å²) in [4.78, 5) is 23.8. The third-order valence-corrected chi connectivity index (χ3v) is 3.25. The highest BCUT2D eigenvalue weighted by Crippen LogP contribution is 2.14. The molecule has 114 valence electrons. The van der Waals surface area contributed by atoms with Crippen LogP contribution in [0.25, 0.3) is 6.08 Å². The standard InChI is InChI=1S/C17H23NO3/c1-5-11-17(3,16(20)21-4)18-15(19)10-9-14-8-6-7-13(2)12-14/h6-10,12H,5,11H2,1-4H3,(H,18,19)/b10-9+. The van der Waals surface area contributed by atoms with Gasteiger partial charge in [-0.1, -0.05) is 43.2 Å². The van der Waals surface area contributed by atoms with Crippen LogP contribution in [0.4, 0.5) is 0 Å². The second kappa shape index (κ2) is 7.62. The Kier molecular flexibility index (Phi) is 6.15. The molecule has 0 bridgehead atoms. The molecule has 0 aromatic heterocycles. The number of aryl methyl sites for hydroxylation is 1. The van der Waals surface area contributed by atoms with E-state index in [2.05, 4.69) is 5.32 Å². The number of nitrogens with one attached hydrogen (secondary N) is 1. The third kappa shape index (κ3) is 5.06. The molecule has 0 radical (unpaired) electrons. The van der Waals surface area contributed by atoms with Crippen LogP contribution in [-0.4, -0.2) is 24.5 Å². The summed E-state index contributed by atoms with van der Waals surface area (Å²) in [5.74, 6) is -0.737. The highest BCUT2D eigenvalue weighted by molar-refractivity contribution is 5.96. The van der Waals surface area contributed by atoms with Crippen molar-refractivity contribution in [3.63, 3.8) is 0 Å². The Morgan fingerprint density at radius 2 is 2.10 bits per heavy atom. The molecular formula is C17H23NO3. The Hall–Kier alpha value is -2.10. The number of hydrogen-bond acceptors (Lipinski definition) is 3. The van der Waals surface area contributed by atoms with Crippen LogP contribution in [0.3, 0.4) is 0 Å². The lowest BCUT2D eigenvalue weighted by atomic mass is 9.96. The van der Waals surface area contributed by atoms with E-state index < -0.39 is 11.5 Å². The lowest BCUT2D eigenvalue weighted by Gasteiger charge is -2.26. The maximum absolute atomic E-state index is 12.0. The molecule has 0 saturated heterocycles. The lowest BCUT2D eigenvalue weighted by Crippen LogP contribution is -2.52. The SMILES string of the molecule is CCCC(C)(NC(=O)/C=C/c1cccc(C)c1)C(=O)OC. The third-order valence-electron chi connectivity index (χ3n) is 3.25. The van der Waals surface area contributed by atoms with Crippen molar-refractivity contribution in [1.82, 2.24) is 5.32 Å². The Morgan fingerprint density at radius 3 is 2.67 bits per heavy atom. The predicted molar refractivity (Wildman–Crippen MR) is 83.7 cm³/mol. The van der Waals surface area contributed by atoms with Gasteiger partial charge in [0.05, 0.1) is 7.11 Å². The zero-order valence-corrected chi connectivity index (χ0v) is 13.1. The number of methoxy groups -OCH3 is 1. The van der Waals surface area contributed by atoms with Gasteiger partial charge in [-0.25, -0.2) is 4.79 Å². The first kappa shape index (κ1) is 17.0. The van der Waals surface area contributed by atoms with Crippen LogP contribution in [0, 0.1) is 6.92 Å². The van der Waals surface area contributed by atoms with Crippen molar-refractivity contribution in [3.05, 3.63) is 41.5 Å². The molecule has 0 saturated carbocycles. The van der Waals surface area contributed by atoms with Crippen LogP contribution in [0.1, 0.15) is 37.8 Å². The highest BCUT2D eigenvalue weighted by Gasteiger charge is 2.34. The summed E-state index contributed by atoms with van der Waals surface area (Å²) >= 11 is 0. The average molecular weight is 289 g/mol. The Balaban J connectivity index is 2.76. The minimum absolute atomic E-state index is 0.308. The normalized spacial score (nSPS) is 13.7. The van der Waals surface area contributed by atoms with Crippen molar-refractivity contribution >= 4 is 18.0 Å². The molecule has 0 spiro atoms. The van der Waals surface area contributed by atoms with E-state index in [4.69, 9.17) is 4.74 Å². The van der Waals surface area contributed by atoms with Gasteiger partial charge < -0.3 is 10.1 Å². The van der Waals surface area contributed by atoms with Crippen LogP contribution in [-0.2, 0) is 14.3 Å². The van der Waals surface area contributed by atoms with E-state index in [0.29, 0.717) is 6.42 Å². The van der Waals surface area contributed by atoms with E-state index in [0.717, 1.165) is 17.5 Å². The number of amides is 1. The van der Waals surface area contributed by atoms with Crippen LogP contribution < -0.4 is 5.32 Å². The molecule has 4 heteroatoms. The topological polar surface area (TPSA) is 55.4 Å². The van der Waals surface area contributed by atoms with Gasteiger partial charge in [0.15, 0.2) is 0 Å². The average Bonchev–Trinajstić information content (AvgIpc) is 2.44. The number of ether oxygens (including phenoxy) is 1. The summed E-state index contributed by atoms with van der Waals surface area (Å²) in [6.07, 6.45) is 4.47. The molecule has 21 heavy (non-hydrogen) atoms. The molecular weight excluding hydrogens is 266 g/mol. The first-order valence-electron chi connectivity index (χ1n) is 7.06. The number of carbonyl (C=O) groups is 2. The molecule has 0 heterocycles. The second-order valence-electron chi connectivity index (χ2n) is 5.31. The molecule has 1 unspecified atom stereocenters. The van der Waals surface area contributed by atoms with E-state index in [1.54, 1.807) is 13.0 Å². The molecule has 1 aromatic rings. The van der Waals surface area contributed by atoms with Gasteiger partial charge in [-0.15, -0.1) is 0 Å². The zero-order valence-electron chi connectivity index (χ0n) is 13.1. The molecule has 0 fully saturated rings. The monoisotopic (exact) mass is 289 g/mol. The van der Waals surface area contributed by atoms with E-state index in [1.165, 1.54) is 13.2 Å². The van der Waals surface area contributed by atoms with Gasteiger partial charge in [0, 0.05) is 6.08 Å². The summed E-state index contributed by atoms with van der Waals surface area (Å²) in [5, 5.41) is 2.73. The van der Waals surface area contributed by atoms with Crippen molar-refractivity contribution in [1.29, 1.82) is 0 Å². The van der Waals surface area contributed by atoms with Crippen LogP contribution >= 0.6 is 0 Å². The van der Waals surface area contributed by atoms with Crippen molar-refractivity contribution < 1.29 is 14.3 Å². The number of rotatable bonds is 6. The van der Waals surface area contributed by atoms with Gasteiger partial charge in [-0.05, 0) is 31.9 Å². The van der Waals surface area contributed by atoms with Gasteiger partial charge in [0.1, 0.15) is 5.54 Å². The molecule has 4 nitrogen and oxygen atoms in total. The van der Waals surface area contributed by atoms with Gasteiger partial charge in [-0.3, -0.25) is 4.79 Å². The Labute approximate surface area is 126 Å². The first-order valence-corrected chi connectivity index (χ1v) is 7.06. The zero-order chi connectivity index (χ0) is 15.9. The fraction of sp³-hybridized carbons (Fsp3) is 0.412. The number of carbonyl (C=O) groups excluding carboxylic acids is 2. The molecule has 0 aliphatic carbocycles. The van der Waals surface area contributed by atoms with Crippen LogP contribution in [0.5, 0.6) is 0 Å². The maximum Gasteiger partial charge on any atom is 0.331 e. The van der Waals surface area contributed by atoms with Crippen molar-refractivity contribution in [2.75, 3.05) is 7.11 Å². The molecule has 1 rings (SSSR count). The molecule has 1 amide bonds. The van der Waals surface area contributed by atoms with E-state index in [1.807, 2.05) is 38.1 Å². The van der Waals surface area contributed by atoms with Crippen LogP contribution in [0.2, 0.25) is 0 Å². The van der Waals surface area contributed by atoms with Gasteiger partial charge in [-0.2, -0.15) is 0 Å². The fourth-order valence-corrected chi connectivity index (χ4v) is 2.20. The summed E-state index contributed by atoms with van der Waals surface area (Å²) in [6.45, 7) is 5.63. The highest BCUT2D eigenvalue weighted by atomic mass is 16.5. The number of hydrogen-bond donors (Lipinski definition) is 1. The summed E-state index contributed by atoms with van der Waals surface area (Å²) in [5.41, 5.74) is 1.08. The lowest BCUT2D eigenvalue weighted by molar-refractivity contribution is -0.150. The van der Waals surface area contributed by atoms with Crippen LogP contribution in [0.15, 0.2) is 30.3 Å². The number of esters is 1. The van der Waals surface area contributed by atoms with E-state index >= 15 is 0 Å².